The molecule has 5 nitrogen and oxygen atoms in total. The van der Waals surface area contributed by atoms with Crippen LogP contribution >= 0.6 is 11.6 Å². The van der Waals surface area contributed by atoms with Gasteiger partial charge in [0.1, 0.15) is 0 Å². The van der Waals surface area contributed by atoms with E-state index in [-0.39, 0.29) is 5.91 Å². The molecule has 1 N–H and O–H groups in total. The van der Waals surface area contributed by atoms with Gasteiger partial charge in [-0.05, 0) is 42.4 Å². The molecule has 0 saturated carbocycles. The van der Waals surface area contributed by atoms with Gasteiger partial charge in [0.25, 0.3) is 5.91 Å². The van der Waals surface area contributed by atoms with Crippen molar-refractivity contribution in [2.75, 3.05) is 33.2 Å². The molecular formula is C23H25ClN4O. The second-order valence-electron chi connectivity index (χ2n) is 7.57. The highest BCUT2D eigenvalue weighted by Gasteiger charge is 2.14. The van der Waals surface area contributed by atoms with Gasteiger partial charge in [0.15, 0.2) is 0 Å². The van der Waals surface area contributed by atoms with Crippen molar-refractivity contribution in [2.24, 2.45) is 0 Å². The summed E-state index contributed by atoms with van der Waals surface area (Å²) < 4.78 is 0. The topological polar surface area (TPSA) is 48.5 Å². The van der Waals surface area contributed by atoms with E-state index in [0.29, 0.717) is 22.6 Å². The monoisotopic (exact) mass is 408 g/mol. The molecule has 0 atom stereocenters. The molecular weight excluding hydrogens is 384 g/mol. The first-order valence-corrected chi connectivity index (χ1v) is 10.3. The van der Waals surface area contributed by atoms with Crippen LogP contribution in [0.25, 0.3) is 10.9 Å². The summed E-state index contributed by atoms with van der Waals surface area (Å²) in [5.41, 5.74) is 3.54. The zero-order valence-electron chi connectivity index (χ0n) is 16.6. The normalized spacial score (nSPS) is 15.5. The molecule has 1 amide bonds. The maximum atomic E-state index is 12.7. The van der Waals surface area contributed by atoms with Crippen LogP contribution in [0.5, 0.6) is 0 Å². The van der Waals surface area contributed by atoms with Crippen molar-refractivity contribution in [3.63, 3.8) is 0 Å². The van der Waals surface area contributed by atoms with E-state index in [9.17, 15) is 4.79 Å². The van der Waals surface area contributed by atoms with E-state index in [1.165, 1.54) is 5.56 Å². The Morgan fingerprint density at radius 3 is 2.52 bits per heavy atom. The summed E-state index contributed by atoms with van der Waals surface area (Å²) in [6, 6.07) is 15.6. The van der Waals surface area contributed by atoms with Gasteiger partial charge in [-0.2, -0.15) is 0 Å². The summed E-state index contributed by atoms with van der Waals surface area (Å²) in [6.45, 7) is 5.92. The third-order valence-corrected chi connectivity index (χ3v) is 5.77. The highest BCUT2D eigenvalue weighted by Crippen LogP contribution is 2.24. The average Bonchev–Trinajstić information content (AvgIpc) is 2.75. The zero-order valence-corrected chi connectivity index (χ0v) is 17.3. The van der Waals surface area contributed by atoms with Crippen LogP contribution in [0.4, 0.5) is 0 Å². The van der Waals surface area contributed by atoms with E-state index < -0.39 is 0 Å². The maximum absolute atomic E-state index is 12.7. The summed E-state index contributed by atoms with van der Waals surface area (Å²) in [5.74, 6) is -0.146. The molecule has 1 fully saturated rings. The SMILES string of the molecule is CN1CCN(Cc2ccc(CNC(=O)c3ccc(Cl)c4cccnc34)cc2)CC1. The molecule has 0 aliphatic carbocycles. The number of hydrogen-bond acceptors (Lipinski definition) is 4. The number of hydrogen-bond donors (Lipinski definition) is 1. The number of halogens is 1. The third-order valence-electron chi connectivity index (χ3n) is 5.44. The lowest BCUT2D eigenvalue weighted by molar-refractivity contribution is 0.0952. The number of benzene rings is 2. The average molecular weight is 409 g/mol. The number of nitrogens with zero attached hydrogens (tertiary/aromatic N) is 3. The van der Waals surface area contributed by atoms with Crippen LogP contribution < -0.4 is 5.32 Å². The molecule has 2 aromatic carbocycles. The zero-order chi connectivity index (χ0) is 20.2. The summed E-state index contributed by atoms with van der Waals surface area (Å²) in [6.07, 6.45) is 1.68. The van der Waals surface area contributed by atoms with Crippen LogP contribution in [0.1, 0.15) is 21.5 Å². The molecule has 1 aliphatic rings. The minimum Gasteiger partial charge on any atom is -0.348 e. The first kappa shape index (κ1) is 19.8. The van der Waals surface area contributed by atoms with E-state index >= 15 is 0 Å². The predicted molar refractivity (Wildman–Crippen MR) is 117 cm³/mol. The summed E-state index contributed by atoms with van der Waals surface area (Å²) in [4.78, 5) is 21.9. The largest absolute Gasteiger partial charge is 0.348 e. The maximum Gasteiger partial charge on any atom is 0.253 e. The predicted octanol–water partition coefficient (Wildman–Crippen LogP) is 3.57. The number of likely N-dealkylation sites (N-methyl/N-ethyl adjacent to an activating group) is 1. The van der Waals surface area contributed by atoms with Crippen molar-refractivity contribution < 1.29 is 4.79 Å². The molecule has 0 spiro atoms. The van der Waals surface area contributed by atoms with Crippen LogP contribution in [-0.4, -0.2) is 53.9 Å². The van der Waals surface area contributed by atoms with Crippen molar-refractivity contribution in [1.29, 1.82) is 0 Å². The van der Waals surface area contributed by atoms with Gasteiger partial charge < -0.3 is 10.2 Å². The van der Waals surface area contributed by atoms with Crippen LogP contribution in [0.15, 0.2) is 54.7 Å². The summed E-state index contributed by atoms with van der Waals surface area (Å²) in [5, 5.41) is 4.38. The van der Waals surface area contributed by atoms with Crippen LogP contribution in [0.2, 0.25) is 5.02 Å². The molecule has 1 saturated heterocycles. The van der Waals surface area contributed by atoms with E-state index in [2.05, 4.69) is 51.4 Å². The van der Waals surface area contributed by atoms with E-state index in [0.717, 1.165) is 43.7 Å². The minimum atomic E-state index is -0.146. The summed E-state index contributed by atoms with van der Waals surface area (Å²) >= 11 is 6.22. The smallest absolute Gasteiger partial charge is 0.253 e. The molecule has 29 heavy (non-hydrogen) atoms. The summed E-state index contributed by atoms with van der Waals surface area (Å²) in [7, 11) is 2.17. The highest BCUT2D eigenvalue weighted by atomic mass is 35.5. The van der Waals surface area contributed by atoms with Crippen molar-refractivity contribution in [3.05, 3.63) is 76.4 Å². The molecule has 1 aliphatic heterocycles. The van der Waals surface area contributed by atoms with E-state index in [4.69, 9.17) is 11.6 Å². The van der Waals surface area contributed by atoms with Gasteiger partial charge in [0.2, 0.25) is 0 Å². The first-order chi connectivity index (χ1) is 14.1. The van der Waals surface area contributed by atoms with Gasteiger partial charge in [-0.25, -0.2) is 0 Å². The second-order valence-corrected chi connectivity index (χ2v) is 7.98. The first-order valence-electron chi connectivity index (χ1n) is 9.90. The number of pyridine rings is 1. The number of amides is 1. The van der Waals surface area contributed by atoms with Gasteiger partial charge in [-0.15, -0.1) is 0 Å². The molecule has 0 radical (unpaired) electrons. The van der Waals surface area contributed by atoms with Gasteiger partial charge in [-0.3, -0.25) is 14.7 Å². The lowest BCUT2D eigenvalue weighted by Crippen LogP contribution is -2.43. The van der Waals surface area contributed by atoms with Gasteiger partial charge >= 0.3 is 0 Å². The molecule has 0 bridgehead atoms. The lowest BCUT2D eigenvalue weighted by atomic mass is 10.1. The quantitative estimate of drug-likeness (QED) is 0.701. The Morgan fingerprint density at radius 2 is 1.76 bits per heavy atom. The number of nitrogens with one attached hydrogen (secondary N) is 1. The Morgan fingerprint density at radius 1 is 1.03 bits per heavy atom. The number of piperazine rings is 1. The molecule has 1 aromatic heterocycles. The number of rotatable bonds is 5. The van der Waals surface area contributed by atoms with Crippen molar-refractivity contribution in [3.8, 4) is 0 Å². The van der Waals surface area contributed by atoms with Gasteiger partial charge in [-0.1, -0.05) is 35.9 Å². The number of fused-ring (bicyclic) bond motifs is 1. The van der Waals surface area contributed by atoms with Crippen molar-refractivity contribution in [1.82, 2.24) is 20.1 Å². The van der Waals surface area contributed by atoms with Crippen LogP contribution in [-0.2, 0) is 13.1 Å². The van der Waals surface area contributed by atoms with Crippen LogP contribution in [0.3, 0.4) is 0 Å². The number of carbonyl (C=O) groups excluding carboxylic acids is 1. The molecule has 150 valence electrons. The third kappa shape index (κ3) is 4.75. The standard InChI is InChI=1S/C23H25ClN4O/c1-27-11-13-28(14-12-27)16-18-6-4-17(5-7-18)15-26-23(29)20-8-9-21(24)19-3-2-10-25-22(19)20/h2-10H,11-16H2,1H3,(H,26,29). The fourth-order valence-corrected chi connectivity index (χ4v) is 3.84. The Labute approximate surface area is 176 Å². The van der Waals surface area contributed by atoms with Crippen molar-refractivity contribution >= 4 is 28.4 Å². The fourth-order valence-electron chi connectivity index (χ4n) is 3.63. The van der Waals surface area contributed by atoms with Crippen LogP contribution in [0, 0.1) is 0 Å². The Balaban J connectivity index is 1.37. The van der Waals surface area contributed by atoms with Gasteiger partial charge in [0.05, 0.1) is 16.1 Å². The molecule has 3 aromatic rings. The molecule has 0 unspecified atom stereocenters. The van der Waals surface area contributed by atoms with E-state index in [1.807, 2.05) is 12.1 Å². The van der Waals surface area contributed by atoms with E-state index in [1.54, 1.807) is 18.3 Å². The minimum absolute atomic E-state index is 0.146. The highest BCUT2D eigenvalue weighted by molar-refractivity contribution is 6.36. The number of carbonyl (C=O) groups is 1. The van der Waals surface area contributed by atoms with Crippen molar-refractivity contribution in [2.45, 2.75) is 13.1 Å². The Hall–Kier alpha value is -2.47. The Kier molecular flexibility index (Phi) is 6.09. The fraction of sp³-hybridized carbons (Fsp3) is 0.304. The molecule has 4 rings (SSSR count). The number of aromatic nitrogens is 1. The molecule has 6 heteroatoms. The second kappa shape index (κ2) is 8.91. The van der Waals surface area contributed by atoms with Gasteiger partial charge in [0, 0.05) is 50.9 Å². The lowest BCUT2D eigenvalue weighted by Gasteiger charge is -2.32. The molecule has 2 heterocycles. The Bertz CT molecular complexity index is 997.